The fraction of sp³-hybridized carbons (Fsp3) is 0.471. The molecular formula is C17H24O7. The summed E-state index contributed by atoms with van der Waals surface area (Å²) in [6.07, 6.45) is -2.43. The third-order valence-corrected chi connectivity index (χ3v) is 2.54. The molecule has 7 heteroatoms. The number of hydrogen-bond acceptors (Lipinski definition) is 7. The normalized spacial score (nSPS) is 12.5. The number of esters is 3. The molecule has 0 fully saturated rings. The molecule has 0 bridgehead atoms. The van der Waals surface area contributed by atoms with E-state index in [-0.39, 0.29) is 29.9 Å². The third-order valence-electron chi connectivity index (χ3n) is 2.54. The smallest absolute Gasteiger partial charge is 0.335 e. The number of carbonyl (C=O) groups is 3. The van der Waals surface area contributed by atoms with E-state index in [1.165, 1.54) is 20.8 Å². The zero-order valence-corrected chi connectivity index (χ0v) is 14.5. The largest absolute Gasteiger partial charge is 0.458 e. The van der Waals surface area contributed by atoms with Crippen molar-refractivity contribution in [2.75, 3.05) is 13.2 Å². The third kappa shape index (κ3) is 7.73. The van der Waals surface area contributed by atoms with Crippen molar-refractivity contribution >= 4 is 17.9 Å². The molecule has 0 saturated carbocycles. The average Bonchev–Trinajstić information content (AvgIpc) is 2.49. The monoisotopic (exact) mass is 340 g/mol. The van der Waals surface area contributed by atoms with E-state index in [1.807, 2.05) is 0 Å². The Morgan fingerprint density at radius 2 is 1.29 bits per heavy atom. The Labute approximate surface area is 141 Å². The molecule has 0 aliphatic heterocycles. The fourth-order valence-corrected chi connectivity index (χ4v) is 1.27. The summed E-state index contributed by atoms with van der Waals surface area (Å²) >= 11 is 0. The minimum absolute atomic E-state index is 0.132. The van der Waals surface area contributed by atoms with Crippen LogP contribution in [0.2, 0.25) is 0 Å². The van der Waals surface area contributed by atoms with Gasteiger partial charge >= 0.3 is 17.9 Å². The lowest BCUT2D eigenvalue weighted by molar-refractivity contribution is -0.214. The number of carbonyl (C=O) groups excluding carboxylic acids is 3. The molecule has 0 aliphatic carbocycles. The van der Waals surface area contributed by atoms with Gasteiger partial charge in [-0.25, -0.2) is 14.4 Å². The molecule has 134 valence electrons. The molecule has 0 spiro atoms. The van der Waals surface area contributed by atoms with Gasteiger partial charge in [-0.05, 0) is 27.7 Å². The summed E-state index contributed by atoms with van der Waals surface area (Å²) in [6, 6.07) is 0. The molecule has 2 atom stereocenters. The summed E-state index contributed by atoms with van der Waals surface area (Å²) in [5.41, 5.74) is 0.447. The first-order valence-electron chi connectivity index (χ1n) is 7.27. The summed E-state index contributed by atoms with van der Waals surface area (Å²) < 4.78 is 20.5. The molecule has 0 aromatic rings. The molecule has 0 N–H and O–H groups in total. The van der Waals surface area contributed by atoms with Crippen LogP contribution in [-0.4, -0.2) is 43.5 Å². The lowest BCUT2D eigenvalue weighted by atomic mass is 10.3. The van der Waals surface area contributed by atoms with Crippen molar-refractivity contribution in [3.8, 4) is 0 Å². The Morgan fingerprint density at radius 3 is 1.71 bits per heavy atom. The molecule has 0 radical (unpaired) electrons. The topological polar surface area (TPSA) is 88.1 Å². The van der Waals surface area contributed by atoms with Crippen LogP contribution in [0.4, 0.5) is 0 Å². The molecule has 2 unspecified atom stereocenters. The SMILES string of the molecule is C=C(C)C(=O)OCC(OC(=O)C(=C)C)C(OCC)OC(=O)C(=C)C. The van der Waals surface area contributed by atoms with Gasteiger partial charge in [-0.3, -0.25) is 0 Å². The van der Waals surface area contributed by atoms with Crippen LogP contribution < -0.4 is 0 Å². The first-order valence-corrected chi connectivity index (χ1v) is 7.27. The molecule has 0 amide bonds. The van der Waals surface area contributed by atoms with E-state index in [1.54, 1.807) is 6.92 Å². The second-order valence-electron chi connectivity index (χ2n) is 5.11. The van der Waals surface area contributed by atoms with E-state index in [4.69, 9.17) is 18.9 Å². The van der Waals surface area contributed by atoms with E-state index in [0.29, 0.717) is 0 Å². The van der Waals surface area contributed by atoms with Gasteiger partial charge in [0.15, 0.2) is 6.10 Å². The maximum absolute atomic E-state index is 11.8. The first-order chi connectivity index (χ1) is 11.1. The average molecular weight is 340 g/mol. The van der Waals surface area contributed by atoms with Crippen LogP contribution in [0.25, 0.3) is 0 Å². The van der Waals surface area contributed by atoms with E-state index in [2.05, 4.69) is 19.7 Å². The second-order valence-corrected chi connectivity index (χ2v) is 5.11. The Kier molecular flexibility index (Phi) is 9.34. The summed E-state index contributed by atoms with van der Waals surface area (Å²) in [4.78, 5) is 35.0. The zero-order valence-electron chi connectivity index (χ0n) is 14.5. The predicted molar refractivity (Wildman–Crippen MR) is 86.8 cm³/mol. The predicted octanol–water partition coefficient (Wildman–Crippen LogP) is 2.08. The van der Waals surface area contributed by atoms with Gasteiger partial charge in [0.05, 0.1) is 0 Å². The molecule has 24 heavy (non-hydrogen) atoms. The van der Waals surface area contributed by atoms with Crippen LogP contribution in [0.15, 0.2) is 36.5 Å². The van der Waals surface area contributed by atoms with E-state index in [9.17, 15) is 14.4 Å². The highest BCUT2D eigenvalue weighted by atomic mass is 16.7. The van der Waals surface area contributed by atoms with Gasteiger partial charge in [-0.2, -0.15) is 0 Å². The lowest BCUT2D eigenvalue weighted by Gasteiger charge is -2.26. The zero-order chi connectivity index (χ0) is 18.9. The van der Waals surface area contributed by atoms with Gasteiger partial charge in [0.1, 0.15) is 6.61 Å². The molecule has 0 aromatic heterocycles. The van der Waals surface area contributed by atoms with Crippen LogP contribution in [0, 0.1) is 0 Å². The molecule has 0 aromatic carbocycles. The number of rotatable bonds is 10. The highest BCUT2D eigenvalue weighted by Crippen LogP contribution is 2.13. The van der Waals surface area contributed by atoms with Crippen molar-refractivity contribution in [2.45, 2.75) is 40.1 Å². The van der Waals surface area contributed by atoms with Crippen LogP contribution in [0.1, 0.15) is 27.7 Å². The molecule has 7 nitrogen and oxygen atoms in total. The summed E-state index contributed by atoms with van der Waals surface area (Å²) in [5.74, 6) is -2.13. The molecule has 0 saturated heterocycles. The van der Waals surface area contributed by atoms with E-state index < -0.39 is 30.3 Å². The quantitative estimate of drug-likeness (QED) is 0.260. The molecule has 0 rings (SSSR count). The highest BCUT2D eigenvalue weighted by Gasteiger charge is 2.31. The van der Waals surface area contributed by atoms with Crippen molar-refractivity contribution in [1.29, 1.82) is 0 Å². The summed E-state index contributed by atoms with van der Waals surface area (Å²) in [6.45, 7) is 16.2. The number of hydrogen-bond donors (Lipinski definition) is 0. The minimum Gasteiger partial charge on any atom is -0.458 e. The summed E-state index contributed by atoms with van der Waals surface area (Å²) in [5, 5.41) is 0. The number of ether oxygens (including phenoxy) is 4. The van der Waals surface area contributed by atoms with Crippen molar-refractivity contribution in [3.63, 3.8) is 0 Å². The van der Waals surface area contributed by atoms with Crippen molar-refractivity contribution in [3.05, 3.63) is 36.5 Å². The van der Waals surface area contributed by atoms with Crippen molar-refractivity contribution < 1.29 is 33.3 Å². The van der Waals surface area contributed by atoms with Crippen molar-refractivity contribution in [1.82, 2.24) is 0 Å². The van der Waals surface area contributed by atoms with Crippen LogP contribution in [0.5, 0.6) is 0 Å². The van der Waals surface area contributed by atoms with E-state index >= 15 is 0 Å². The first kappa shape index (κ1) is 21.6. The fourth-order valence-electron chi connectivity index (χ4n) is 1.27. The van der Waals surface area contributed by atoms with Gasteiger partial charge in [-0.1, -0.05) is 19.7 Å². The molecular weight excluding hydrogens is 316 g/mol. The Hall–Kier alpha value is -2.41. The molecule has 0 heterocycles. The highest BCUT2D eigenvalue weighted by molar-refractivity contribution is 5.88. The van der Waals surface area contributed by atoms with Gasteiger partial charge in [-0.15, -0.1) is 0 Å². The van der Waals surface area contributed by atoms with Crippen molar-refractivity contribution in [2.24, 2.45) is 0 Å². The second kappa shape index (κ2) is 10.4. The van der Waals surface area contributed by atoms with Crippen LogP contribution >= 0.6 is 0 Å². The maximum atomic E-state index is 11.8. The standard InChI is InChI=1S/C17H24O7/c1-8-21-17(24-16(20)12(6)7)13(23-15(19)11(4)5)9-22-14(18)10(2)3/h13,17H,2,4,6,8-9H2,1,3,5,7H3. The lowest BCUT2D eigenvalue weighted by Crippen LogP contribution is -2.41. The van der Waals surface area contributed by atoms with Gasteiger partial charge in [0, 0.05) is 23.3 Å². The Bertz CT molecular complexity index is 533. The maximum Gasteiger partial charge on any atom is 0.335 e. The molecule has 0 aliphatic rings. The minimum atomic E-state index is -1.26. The van der Waals surface area contributed by atoms with Gasteiger partial charge < -0.3 is 18.9 Å². The van der Waals surface area contributed by atoms with Gasteiger partial charge in [0.2, 0.25) is 6.29 Å². The Balaban J connectivity index is 5.24. The van der Waals surface area contributed by atoms with Crippen LogP contribution in [-0.2, 0) is 33.3 Å². The Morgan fingerprint density at radius 1 is 0.833 bits per heavy atom. The van der Waals surface area contributed by atoms with Crippen LogP contribution in [0.3, 0.4) is 0 Å². The summed E-state index contributed by atoms with van der Waals surface area (Å²) in [7, 11) is 0. The van der Waals surface area contributed by atoms with Gasteiger partial charge in [0.25, 0.3) is 0 Å². The van der Waals surface area contributed by atoms with E-state index in [0.717, 1.165) is 0 Å².